The van der Waals surface area contributed by atoms with Crippen LogP contribution in [-0.4, -0.2) is 57.1 Å². The number of benzene rings is 1. The van der Waals surface area contributed by atoms with E-state index in [-0.39, 0.29) is 29.9 Å². The monoisotopic (exact) mass is 529 g/mol. The van der Waals surface area contributed by atoms with Gasteiger partial charge in [0.2, 0.25) is 5.91 Å². The Morgan fingerprint density at radius 1 is 1.24 bits per heavy atom. The fourth-order valence-corrected chi connectivity index (χ4v) is 4.04. The minimum Gasteiger partial charge on any atom is -0.495 e. The quantitative estimate of drug-likeness (QED) is 0.354. The summed E-state index contributed by atoms with van der Waals surface area (Å²) in [6, 6.07) is 10.0. The number of anilines is 2. The van der Waals surface area contributed by atoms with Gasteiger partial charge in [-0.3, -0.25) is 9.79 Å². The first-order chi connectivity index (χ1) is 13.6. The van der Waals surface area contributed by atoms with E-state index in [1.54, 1.807) is 18.4 Å². The van der Waals surface area contributed by atoms with Crippen LogP contribution in [0.3, 0.4) is 0 Å². The smallest absolute Gasteiger partial charge is 0.221 e. The topological polar surface area (TPSA) is 69.2 Å². The Hall–Kier alpha value is -2.01. The van der Waals surface area contributed by atoms with Gasteiger partial charge in [-0.25, -0.2) is 0 Å². The number of nitrogens with one attached hydrogen (secondary N) is 2. The molecule has 29 heavy (non-hydrogen) atoms. The molecule has 0 unspecified atom stereocenters. The molecule has 0 atom stereocenters. The highest BCUT2D eigenvalue weighted by molar-refractivity contribution is 14.0. The van der Waals surface area contributed by atoms with Crippen molar-refractivity contribution in [1.82, 2.24) is 10.2 Å². The van der Waals surface area contributed by atoms with Crippen LogP contribution in [0.5, 0.6) is 5.75 Å². The molecule has 2 heterocycles. The van der Waals surface area contributed by atoms with Gasteiger partial charge in [-0.05, 0) is 35.2 Å². The van der Waals surface area contributed by atoms with Crippen molar-refractivity contribution < 1.29 is 9.53 Å². The number of nitrogens with zero attached hydrogens (tertiary/aromatic N) is 3. The zero-order valence-corrected chi connectivity index (χ0v) is 20.1. The maximum atomic E-state index is 11.4. The maximum Gasteiger partial charge on any atom is 0.221 e. The van der Waals surface area contributed by atoms with Crippen molar-refractivity contribution in [3.63, 3.8) is 0 Å². The number of aliphatic imine (C=N–C) groups is 1. The van der Waals surface area contributed by atoms with Gasteiger partial charge in [0.1, 0.15) is 5.75 Å². The predicted octanol–water partition coefficient (Wildman–Crippen LogP) is 3.23. The number of rotatable bonds is 5. The summed E-state index contributed by atoms with van der Waals surface area (Å²) in [6.07, 6.45) is 0. The number of piperazine rings is 1. The van der Waals surface area contributed by atoms with E-state index in [9.17, 15) is 4.79 Å². The van der Waals surface area contributed by atoms with Crippen LogP contribution in [0.15, 0.2) is 40.7 Å². The molecule has 0 saturated carbocycles. The van der Waals surface area contributed by atoms with Crippen molar-refractivity contribution in [2.24, 2.45) is 4.99 Å². The van der Waals surface area contributed by atoms with Gasteiger partial charge in [-0.1, -0.05) is 6.07 Å². The lowest BCUT2D eigenvalue weighted by molar-refractivity contribution is -0.114. The molecular formula is C20H28IN5O2S. The standard InChI is InChI=1S/C20H27N5O2S.HI/c1-15(26)23-17-13-16(6-7-18(17)27-3)14-22-20(21-2)25-10-8-24(9-11-25)19-5-4-12-28-19;/h4-7,12-13H,8-11,14H2,1-3H3,(H,21,22)(H,23,26);1H. The summed E-state index contributed by atoms with van der Waals surface area (Å²) in [5.41, 5.74) is 1.72. The normalized spacial score (nSPS) is 14.2. The van der Waals surface area contributed by atoms with Gasteiger partial charge in [-0.2, -0.15) is 0 Å². The second-order valence-electron chi connectivity index (χ2n) is 6.54. The molecule has 7 nitrogen and oxygen atoms in total. The van der Waals surface area contributed by atoms with Crippen LogP contribution in [0, 0.1) is 0 Å². The highest BCUT2D eigenvalue weighted by Gasteiger charge is 2.20. The Morgan fingerprint density at radius 3 is 2.59 bits per heavy atom. The summed E-state index contributed by atoms with van der Waals surface area (Å²) >= 11 is 1.78. The Bertz CT molecular complexity index is 820. The fraction of sp³-hybridized carbons (Fsp3) is 0.400. The van der Waals surface area contributed by atoms with Gasteiger partial charge in [0, 0.05) is 46.7 Å². The Morgan fingerprint density at radius 2 is 2.00 bits per heavy atom. The highest BCUT2D eigenvalue weighted by atomic mass is 127. The molecule has 1 aliphatic rings. The first kappa shape index (κ1) is 23.3. The summed E-state index contributed by atoms with van der Waals surface area (Å²) in [5, 5.41) is 9.68. The van der Waals surface area contributed by atoms with Crippen molar-refractivity contribution in [2.45, 2.75) is 13.5 Å². The molecule has 1 aromatic carbocycles. The van der Waals surface area contributed by atoms with E-state index in [1.165, 1.54) is 11.9 Å². The van der Waals surface area contributed by atoms with Crippen LogP contribution < -0.4 is 20.3 Å². The number of hydrogen-bond donors (Lipinski definition) is 2. The molecule has 1 saturated heterocycles. The lowest BCUT2D eigenvalue weighted by atomic mass is 10.2. The number of guanidine groups is 1. The first-order valence-corrected chi connectivity index (χ1v) is 10.2. The number of hydrogen-bond acceptors (Lipinski definition) is 5. The van der Waals surface area contributed by atoms with Gasteiger partial charge in [-0.15, -0.1) is 35.3 Å². The SMILES string of the molecule is CN=C(NCc1ccc(OC)c(NC(C)=O)c1)N1CCN(c2cccs2)CC1.I. The van der Waals surface area contributed by atoms with Crippen molar-refractivity contribution in [3.05, 3.63) is 41.3 Å². The van der Waals surface area contributed by atoms with E-state index < -0.39 is 0 Å². The van der Waals surface area contributed by atoms with E-state index in [4.69, 9.17) is 4.74 Å². The van der Waals surface area contributed by atoms with Crippen LogP contribution in [0.25, 0.3) is 0 Å². The van der Waals surface area contributed by atoms with Crippen LogP contribution >= 0.6 is 35.3 Å². The number of halogens is 1. The van der Waals surface area contributed by atoms with E-state index in [0.29, 0.717) is 18.0 Å². The van der Waals surface area contributed by atoms with Gasteiger partial charge in [0.05, 0.1) is 17.8 Å². The van der Waals surface area contributed by atoms with Crippen molar-refractivity contribution in [2.75, 3.05) is 50.6 Å². The minimum absolute atomic E-state index is 0. The molecule has 2 aromatic rings. The van der Waals surface area contributed by atoms with Crippen molar-refractivity contribution in [1.29, 1.82) is 0 Å². The molecule has 0 aliphatic carbocycles. The second-order valence-corrected chi connectivity index (χ2v) is 7.47. The lowest BCUT2D eigenvalue weighted by Gasteiger charge is -2.37. The summed E-state index contributed by atoms with van der Waals surface area (Å²) in [5.74, 6) is 1.42. The number of methoxy groups -OCH3 is 1. The Kier molecular flexibility index (Phi) is 9.02. The third-order valence-corrected chi connectivity index (χ3v) is 5.56. The number of carbonyl (C=O) groups is 1. The molecule has 0 bridgehead atoms. The lowest BCUT2D eigenvalue weighted by Crippen LogP contribution is -2.52. The average Bonchev–Trinajstić information content (AvgIpc) is 3.23. The molecular weight excluding hydrogens is 501 g/mol. The summed E-state index contributed by atoms with van der Waals surface area (Å²) in [7, 11) is 3.40. The molecule has 158 valence electrons. The number of ether oxygens (including phenoxy) is 1. The van der Waals surface area contributed by atoms with E-state index in [0.717, 1.165) is 37.7 Å². The molecule has 0 spiro atoms. The minimum atomic E-state index is -0.122. The van der Waals surface area contributed by atoms with Crippen molar-refractivity contribution >= 4 is 57.9 Å². The van der Waals surface area contributed by atoms with E-state index >= 15 is 0 Å². The van der Waals surface area contributed by atoms with Crippen LogP contribution in [0.2, 0.25) is 0 Å². The fourth-order valence-electron chi connectivity index (χ4n) is 3.25. The van der Waals surface area contributed by atoms with Gasteiger partial charge in [0.25, 0.3) is 0 Å². The second kappa shape index (κ2) is 11.2. The number of thiophene rings is 1. The van der Waals surface area contributed by atoms with Crippen LogP contribution in [-0.2, 0) is 11.3 Å². The van der Waals surface area contributed by atoms with Gasteiger partial charge >= 0.3 is 0 Å². The molecule has 2 N–H and O–H groups in total. The van der Waals surface area contributed by atoms with E-state index in [2.05, 4.69) is 42.9 Å². The molecule has 1 aliphatic heterocycles. The van der Waals surface area contributed by atoms with Gasteiger partial charge in [0.15, 0.2) is 5.96 Å². The zero-order chi connectivity index (χ0) is 19.9. The molecule has 1 amide bonds. The number of carbonyl (C=O) groups excluding carboxylic acids is 1. The molecule has 9 heteroatoms. The van der Waals surface area contributed by atoms with Crippen LogP contribution in [0.4, 0.5) is 10.7 Å². The third-order valence-electron chi connectivity index (χ3n) is 4.63. The third kappa shape index (κ3) is 6.23. The summed E-state index contributed by atoms with van der Waals surface area (Å²) < 4.78 is 5.31. The summed E-state index contributed by atoms with van der Waals surface area (Å²) in [6.45, 7) is 5.93. The average molecular weight is 529 g/mol. The van der Waals surface area contributed by atoms with E-state index in [1.807, 2.05) is 25.2 Å². The molecule has 1 aromatic heterocycles. The molecule has 3 rings (SSSR count). The molecule has 1 fully saturated rings. The Balaban J connectivity index is 0.00000300. The number of amides is 1. The summed E-state index contributed by atoms with van der Waals surface area (Å²) in [4.78, 5) is 20.5. The van der Waals surface area contributed by atoms with Crippen LogP contribution in [0.1, 0.15) is 12.5 Å². The largest absolute Gasteiger partial charge is 0.495 e. The highest BCUT2D eigenvalue weighted by Crippen LogP contribution is 2.25. The molecule has 0 radical (unpaired) electrons. The predicted molar refractivity (Wildman–Crippen MR) is 131 cm³/mol. The van der Waals surface area contributed by atoms with Crippen molar-refractivity contribution in [3.8, 4) is 5.75 Å². The Labute approximate surface area is 193 Å². The zero-order valence-electron chi connectivity index (χ0n) is 17.0. The van der Waals surface area contributed by atoms with Gasteiger partial charge < -0.3 is 25.2 Å². The first-order valence-electron chi connectivity index (χ1n) is 9.29. The maximum absolute atomic E-state index is 11.4.